The predicted octanol–water partition coefficient (Wildman–Crippen LogP) is 4.56. The van der Waals surface area contributed by atoms with Crippen molar-refractivity contribution in [3.05, 3.63) is 106 Å². The Labute approximate surface area is 144 Å². The van der Waals surface area contributed by atoms with Gasteiger partial charge in [0.05, 0.1) is 10.6 Å². The van der Waals surface area contributed by atoms with Crippen LogP contribution in [0.25, 0.3) is 0 Å². The molecule has 0 saturated heterocycles. The fraction of sp³-hybridized carbons (Fsp3) is 0.0500. The first-order valence-electron chi connectivity index (χ1n) is 7.96. The third-order valence-electron chi connectivity index (χ3n) is 4.18. The third-order valence-corrected chi connectivity index (χ3v) is 4.18. The van der Waals surface area contributed by atoms with Gasteiger partial charge in [0.15, 0.2) is 0 Å². The first-order chi connectivity index (χ1) is 12.2. The zero-order valence-electron chi connectivity index (χ0n) is 13.3. The number of anilines is 1. The molecule has 0 aliphatic carbocycles. The molecule has 1 unspecified atom stereocenters. The van der Waals surface area contributed by atoms with Crippen molar-refractivity contribution in [3.63, 3.8) is 0 Å². The monoisotopic (exact) mass is 329 g/mol. The lowest BCUT2D eigenvalue weighted by atomic mass is 9.97. The molecule has 5 heteroatoms. The molecule has 0 aromatic heterocycles. The Morgan fingerprint density at radius 1 is 0.920 bits per heavy atom. The fourth-order valence-corrected chi connectivity index (χ4v) is 2.97. The first kappa shape index (κ1) is 15.1. The highest BCUT2D eigenvalue weighted by molar-refractivity contribution is 6.17. The summed E-state index contributed by atoms with van der Waals surface area (Å²) in [6, 6.07) is 24.5. The van der Waals surface area contributed by atoms with Crippen molar-refractivity contribution in [3.8, 4) is 0 Å². The highest BCUT2D eigenvalue weighted by atomic mass is 16.6. The van der Waals surface area contributed by atoms with Crippen LogP contribution in [-0.2, 0) is 0 Å². The molecule has 1 aliphatic rings. The lowest BCUT2D eigenvalue weighted by Gasteiger charge is -2.26. The highest BCUT2D eigenvalue weighted by Gasteiger charge is 2.24. The average Bonchev–Trinajstić information content (AvgIpc) is 2.68. The van der Waals surface area contributed by atoms with Crippen LogP contribution in [0.5, 0.6) is 0 Å². The van der Waals surface area contributed by atoms with Gasteiger partial charge in [-0.1, -0.05) is 60.7 Å². The van der Waals surface area contributed by atoms with Crippen LogP contribution in [0.3, 0.4) is 0 Å². The number of benzene rings is 3. The molecule has 4 rings (SSSR count). The SMILES string of the molecule is O=[N+]([O-])c1ccc2c(c1)C(c1ccccc1)=NC(c1ccccc1)N2. The van der Waals surface area contributed by atoms with E-state index in [-0.39, 0.29) is 16.8 Å². The second-order valence-electron chi connectivity index (χ2n) is 5.79. The van der Waals surface area contributed by atoms with E-state index in [4.69, 9.17) is 4.99 Å². The molecule has 0 fully saturated rings. The second kappa shape index (κ2) is 6.20. The number of nitro benzene ring substituents is 1. The molecule has 1 atom stereocenters. The van der Waals surface area contributed by atoms with Crippen molar-refractivity contribution < 1.29 is 4.92 Å². The van der Waals surface area contributed by atoms with E-state index in [1.165, 1.54) is 6.07 Å². The van der Waals surface area contributed by atoms with Gasteiger partial charge < -0.3 is 5.32 Å². The van der Waals surface area contributed by atoms with E-state index >= 15 is 0 Å². The van der Waals surface area contributed by atoms with Crippen LogP contribution in [0.15, 0.2) is 83.9 Å². The van der Waals surface area contributed by atoms with E-state index < -0.39 is 0 Å². The van der Waals surface area contributed by atoms with Crippen LogP contribution in [0.1, 0.15) is 22.9 Å². The Kier molecular flexibility index (Phi) is 3.74. The second-order valence-corrected chi connectivity index (χ2v) is 5.79. The predicted molar refractivity (Wildman–Crippen MR) is 98.0 cm³/mol. The van der Waals surface area contributed by atoms with Gasteiger partial charge in [-0.15, -0.1) is 0 Å². The molecular weight excluding hydrogens is 314 g/mol. The third kappa shape index (κ3) is 2.87. The van der Waals surface area contributed by atoms with Gasteiger partial charge in [0.2, 0.25) is 0 Å². The standard InChI is InChI=1S/C20H15N3O2/c24-23(25)16-11-12-18-17(13-16)19(14-7-3-1-4-8-14)22-20(21-18)15-9-5-2-6-10-15/h1-13,20-21H. The van der Waals surface area contributed by atoms with Crippen LogP contribution >= 0.6 is 0 Å². The summed E-state index contributed by atoms with van der Waals surface area (Å²) >= 11 is 0. The summed E-state index contributed by atoms with van der Waals surface area (Å²) in [6.45, 7) is 0. The van der Waals surface area contributed by atoms with Crippen LogP contribution in [-0.4, -0.2) is 10.6 Å². The number of aliphatic imine (C=N–C) groups is 1. The summed E-state index contributed by atoms with van der Waals surface area (Å²) in [6.07, 6.45) is -0.231. The molecule has 122 valence electrons. The number of hydrogen-bond acceptors (Lipinski definition) is 4. The van der Waals surface area contributed by atoms with Gasteiger partial charge in [-0.05, 0) is 11.6 Å². The minimum Gasteiger partial charge on any atom is -0.360 e. The average molecular weight is 329 g/mol. The maximum Gasteiger partial charge on any atom is 0.270 e. The maximum absolute atomic E-state index is 11.2. The number of rotatable bonds is 3. The number of nitrogens with zero attached hydrogens (tertiary/aromatic N) is 2. The van der Waals surface area contributed by atoms with Gasteiger partial charge in [-0.3, -0.25) is 15.1 Å². The van der Waals surface area contributed by atoms with E-state index in [0.29, 0.717) is 0 Å². The summed E-state index contributed by atoms with van der Waals surface area (Å²) < 4.78 is 0. The van der Waals surface area contributed by atoms with E-state index in [1.807, 2.05) is 60.7 Å². The molecule has 0 spiro atoms. The van der Waals surface area contributed by atoms with Gasteiger partial charge in [0.1, 0.15) is 6.17 Å². The van der Waals surface area contributed by atoms with E-state index in [1.54, 1.807) is 12.1 Å². The van der Waals surface area contributed by atoms with Crippen LogP contribution in [0.2, 0.25) is 0 Å². The molecule has 0 amide bonds. The van der Waals surface area contributed by atoms with E-state index in [9.17, 15) is 10.1 Å². The Bertz CT molecular complexity index is 953. The number of fused-ring (bicyclic) bond motifs is 1. The summed E-state index contributed by atoms with van der Waals surface area (Å²) in [5.41, 5.74) is 4.38. The van der Waals surface area contributed by atoms with Crippen molar-refractivity contribution in [2.45, 2.75) is 6.17 Å². The molecule has 25 heavy (non-hydrogen) atoms. The lowest BCUT2D eigenvalue weighted by Crippen LogP contribution is -2.20. The molecule has 0 bridgehead atoms. The molecule has 5 nitrogen and oxygen atoms in total. The molecule has 1 aliphatic heterocycles. The smallest absolute Gasteiger partial charge is 0.270 e. The summed E-state index contributed by atoms with van der Waals surface area (Å²) in [4.78, 5) is 15.6. The summed E-state index contributed by atoms with van der Waals surface area (Å²) in [5, 5.41) is 14.5. The van der Waals surface area contributed by atoms with Crippen molar-refractivity contribution in [1.82, 2.24) is 0 Å². The zero-order chi connectivity index (χ0) is 17.2. The molecule has 0 radical (unpaired) electrons. The quantitative estimate of drug-likeness (QED) is 0.566. The fourth-order valence-electron chi connectivity index (χ4n) is 2.97. The Morgan fingerprint density at radius 2 is 1.60 bits per heavy atom. The molecular formula is C20H15N3O2. The van der Waals surface area contributed by atoms with Gasteiger partial charge in [-0.25, -0.2) is 0 Å². The molecule has 0 saturated carbocycles. The number of hydrogen-bond donors (Lipinski definition) is 1. The Hall–Kier alpha value is -3.47. The Balaban J connectivity index is 1.88. The van der Waals surface area contributed by atoms with Crippen LogP contribution < -0.4 is 5.32 Å². The lowest BCUT2D eigenvalue weighted by molar-refractivity contribution is -0.384. The zero-order valence-corrected chi connectivity index (χ0v) is 13.3. The minimum atomic E-state index is -0.383. The van der Waals surface area contributed by atoms with Crippen LogP contribution in [0, 0.1) is 10.1 Å². The van der Waals surface area contributed by atoms with Gasteiger partial charge in [0, 0.05) is 28.9 Å². The summed E-state index contributed by atoms with van der Waals surface area (Å²) in [5.74, 6) is 0. The molecule has 1 heterocycles. The largest absolute Gasteiger partial charge is 0.360 e. The molecule has 3 aromatic rings. The molecule has 3 aromatic carbocycles. The molecule has 1 N–H and O–H groups in total. The Morgan fingerprint density at radius 3 is 2.28 bits per heavy atom. The van der Waals surface area contributed by atoms with E-state index in [0.717, 1.165) is 28.1 Å². The van der Waals surface area contributed by atoms with Crippen molar-refractivity contribution in [2.75, 3.05) is 5.32 Å². The highest BCUT2D eigenvalue weighted by Crippen LogP contribution is 2.34. The van der Waals surface area contributed by atoms with Gasteiger partial charge >= 0.3 is 0 Å². The van der Waals surface area contributed by atoms with Crippen LogP contribution in [0.4, 0.5) is 11.4 Å². The maximum atomic E-state index is 11.2. The first-order valence-corrected chi connectivity index (χ1v) is 7.96. The number of non-ortho nitro benzene ring substituents is 1. The summed E-state index contributed by atoms with van der Waals surface area (Å²) in [7, 11) is 0. The topological polar surface area (TPSA) is 67.5 Å². The van der Waals surface area contributed by atoms with Crippen molar-refractivity contribution in [2.24, 2.45) is 4.99 Å². The number of nitro groups is 1. The van der Waals surface area contributed by atoms with Crippen molar-refractivity contribution in [1.29, 1.82) is 0 Å². The van der Waals surface area contributed by atoms with Gasteiger partial charge in [0.25, 0.3) is 5.69 Å². The minimum absolute atomic E-state index is 0.0577. The van der Waals surface area contributed by atoms with E-state index in [2.05, 4.69) is 5.32 Å². The normalized spacial score (nSPS) is 15.7. The number of nitrogens with one attached hydrogen (secondary N) is 1. The van der Waals surface area contributed by atoms with Gasteiger partial charge in [-0.2, -0.15) is 0 Å². The van der Waals surface area contributed by atoms with Crippen molar-refractivity contribution >= 4 is 17.1 Å².